The summed E-state index contributed by atoms with van der Waals surface area (Å²) in [5.41, 5.74) is 21.1. The van der Waals surface area contributed by atoms with Crippen molar-refractivity contribution in [1.82, 2.24) is 19.9 Å². The quantitative estimate of drug-likeness (QED) is 0.0788. The predicted molar refractivity (Wildman–Crippen MR) is 364 cm³/mol. The van der Waals surface area contributed by atoms with Gasteiger partial charge in [-0.15, -0.1) is 143 Å². The number of allylic oxidation sites excluding steroid dienone is 4. The van der Waals surface area contributed by atoms with Gasteiger partial charge in [-0.2, -0.15) is 0 Å². The molecule has 0 bridgehead atoms. The summed E-state index contributed by atoms with van der Waals surface area (Å²) in [4.78, 5) is 38.0. The molecule has 0 atom stereocenters. The number of aryl methyl sites for hydroxylation is 3. The van der Waals surface area contributed by atoms with Crippen LogP contribution in [0, 0.1) is 45.0 Å². The van der Waals surface area contributed by atoms with Gasteiger partial charge in [0.1, 0.15) is 0 Å². The molecule has 12 rings (SSSR count). The average molecular weight is 1930 g/mol. The van der Waals surface area contributed by atoms with Crippen molar-refractivity contribution in [3.05, 3.63) is 338 Å². The largest absolute Gasteiger partial charge is 0.512 e. The Morgan fingerprint density at radius 2 is 0.667 bits per heavy atom. The molecule has 0 amide bonds. The summed E-state index contributed by atoms with van der Waals surface area (Å²) >= 11 is 0. The molecule has 478 valence electrons. The molecule has 12 heteroatoms. The van der Waals surface area contributed by atoms with Gasteiger partial charge in [0.25, 0.3) is 0 Å². The number of ketones is 2. The first kappa shape index (κ1) is 78.6. The fourth-order valence-electron chi connectivity index (χ4n) is 8.93. The second-order valence-electron chi connectivity index (χ2n) is 20.6. The number of aromatic nitrogens is 4. The van der Waals surface area contributed by atoms with E-state index in [1.54, 1.807) is 0 Å². The molecule has 0 aliphatic heterocycles. The van der Waals surface area contributed by atoms with Gasteiger partial charge in [-0.3, -0.25) is 9.59 Å². The Morgan fingerprint density at radius 1 is 0.312 bits per heavy atom. The second kappa shape index (κ2) is 42.5. The summed E-state index contributed by atoms with van der Waals surface area (Å²) in [6.45, 7) is 12.0. The average Bonchev–Trinajstić information content (AvgIpc) is 1.08. The van der Waals surface area contributed by atoms with Crippen LogP contribution < -0.4 is 0 Å². The second-order valence-corrected chi connectivity index (χ2v) is 20.6. The topological polar surface area (TPSA) is 126 Å². The fourth-order valence-corrected chi connectivity index (χ4v) is 8.93. The molecule has 93 heavy (non-hydrogen) atoms. The Bertz CT molecular complexity index is 3870. The van der Waals surface area contributed by atoms with Crippen LogP contribution in [-0.2, 0) is 90.0 Å². The Morgan fingerprint density at radius 3 is 0.978 bits per heavy atom. The van der Waals surface area contributed by atoms with Gasteiger partial charge in [0, 0.05) is 117 Å². The van der Waals surface area contributed by atoms with E-state index in [0.717, 1.165) is 61.7 Å². The third-order valence-electron chi connectivity index (χ3n) is 12.9. The van der Waals surface area contributed by atoms with Crippen LogP contribution in [0.3, 0.4) is 0 Å². The van der Waals surface area contributed by atoms with Gasteiger partial charge in [-0.1, -0.05) is 168 Å². The maximum atomic E-state index is 10.0. The van der Waals surface area contributed by atoms with Crippen LogP contribution in [0.4, 0.5) is 0 Å². The normalized spacial score (nSPS) is 10.1. The molecule has 0 aliphatic rings. The fraction of sp³-hybridized carbons (Fsp3) is 0.0864. The molecule has 8 aromatic carbocycles. The van der Waals surface area contributed by atoms with E-state index in [1.165, 1.54) is 84.4 Å². The number of carbonyl (C=O) groups excluding carboxylic acids is 2. The van der Waals surface area contributed by atoms with Gasteiger partial charge in [-0.25, -0.2) is 0 Å². The Labute approximate surface area is 602 Å². The van der Waals surface area contributed by atoms with Crippen LogP contribution in [-0.4, -0.2) is 41.7 Å². The third-order valence-corrected chi connectivity index (χ3v) is 12.9. The van der Waals surface area contributed by atoms with Crippen LogP contribution in [0.25, 0.3) is 89.5 Å². The molecule has 4 heterocycles. The molecule has 0 unspecified atom stereocenters. The smallest absolute Gasteiger partial charge is 0.155 e. The van der Waals surface area contributed by atoms with Crippen molar-refractivity contribution >= 4 is 11.6 Å². The van der Waals surface area contributed by atoms with E-state index in [2.05, 4.69) is 174 Å². The number of aliphatic hydroxyl groups is 2. The molecule has 2 N–H and O–H groups in total. The summed E-state index contributed by atoms with van der Waals surface area (Å²) in [6, 6.07) is 96.7. The third kappa shape index (κ3) is 27.6. The summed E-state index contributed by atoms with van der Waals surface area (Å²) in [7, 11) is 0. The van der Waals surface area contributed by atoms with Gasteiger partial charge in [0.05, 0.1) is 11.5 Å². The molecule has 8 nitrogen and oxygen atoms in total. The minimum absolute atomic E-state index is 0. The van der Waals surface area contributed by atoms with Crippen molar-refractivity contribution in [2.75, 3.05) is 0 Å². The SMILES string of the molecule is CC(=O)C=C(C)O.CC(=O)C=C(C)O.Cc1cc(C)cc(-c2ccc(-c3[c-]cccc3)nc2)c1.Cc1ccnc(-c2[c-]ccc(-c3ccccc3)c2)c1.[Ir].[Ir].[Ir].[Ir].[c-]1ccccc1-c1ccc(-c2ccccc2)cn1.[c-]1ccccc1-c1ccc(-c2ccccc2)cn1. The maximum absolute atomic E-state index is 10.0. The monoisotopic (exact) mass is 1930 g/mol. The number of aliphatic hydroxyl groups excluding tert-OH is 2. The van der Waals surface area contributed by atoms with Crippen LogP contribution in [0.1, 0.15) is 44.4 Å². The summed E-state index contributed by atoms with van der Waals surface area (Å²) in [5.74, 6) is -0.125. The Hall–Kier alpha value is -8.62. The number of carbonyl (C=O) groups is 2. The van der Waals surface area contributed by atoms with Crippen molar-refractivity contribution in [2.24, 2.45) is 0 Å². The van der Waals surface area contributed by atoms with Crippen LogP contribution in [0.2, 0.25) is 0 Å². The van der Waals surface area contributed by atoms with E-state index in [-0.39, 0.29) is 104 Å². The molecule has 0 saturated heterocycles. The molecule has 4 aromatic heterocycles. The van der Waals surface area contributed by atoms with Crippen molar-refractivity contribution < 1.29 is 100 Å². The van der Waals surface area contributed by atoms with Gasteiger partial charge >= 0.3 is 0 Å². The molecule has 12 aromatic rings. The molecule has 4 radical (unpaired) electrons. The van der Waals surface area contributed by atoms with E-state index in [1.807, 2.05) is 164 Å². The Balaban J connectivity index is 0.000000299. The van der Waals surface area contributed by atoms with E-state index in [9.17, 15) is 9.59 Å². The minimum atomic E-state index is -0.125. The zero-order chi connectivity index (χ0) is 63.2. The van der Waals surface area contributed by atoms with Crippen molar-refractivity contribution in [2.45, 2.75) is 48.5 Å². The number of pyridine rings is 4. The molecule has 0 saturated carbocycles. The summed E-state index contributed by atoms with van der Waals surface area (Å²) in [6.07, 6.45) is 9.93. The van der Waals surface area contributed by atoms with Gasteiger partial charge in [0.2, 0.25) is 0 Å². The van der Waals surface area contributed by atoms with Gasteiger partial charge in [-0.05, 0) is 116 Å². The predicted octanol–water partition coefficient (Wildman–Crippen LogP) is 19.9. The first-order valence-corrected chi connectivity index (χ1v) is 28.9. The zero-order valence-electron chi connectivity index (χ0n) is 52.5. The van der Waals surface area contributed by atoms with Gasteiger partial charge < -0.3 is 30.1 Å². The first-order chi connectivity index (χ1) is 43.2. The first-order valence-electron chi connectivity index (χ1n) is 28.9. The minimum Gasteiger partial charge on any atom is -0.512 e. The Kier molecular flexibility index (Phi) is 35.9. The number of benzene rings is 8. The van der Waals surface area contributed by atoms with E-state index in [4.69, 9.17) is 10.2 Å². The number of nitrogens with zero attached hydrogens (tertiary/aromatic N) is 4. The maximum Gasteiger partial charge on any atom is 0.155 e. The van der Waals surface area contributed by atoms with Crippen molar-refractivity contribution in [3.63, 3.8) is 0 Å². The zero-order valence-corrected chi connectivity index (χ0v) is 62.0. The molecule has 0 spiro atoms. The van der Waals surface area contributed by atoms with E-state index in [0.29, 0.717) is 0 Å². The van der Waals surface area contributed by atoms with Gasteiger partial charge in [0.15, 0.2) is 11.6 Å². The molecular weight excluding hydrogens is 1860 g/mol. The van der Waals surface area contributed by atoms with E-state index >= 15 is 0 Å². The van der Waals surface area contributed by atoms with Crippen LogP contribution in [0.5, 0.6) is 0 Å². The standard InChI is InChI=1S/C19H16N.C18H14N.2C17H12N.2C5H8O2.4Ir/c1-14-10-15(2)12-18(11-14)17-8-9-19(20-13-17)16-6-4-3-5-7-16;1-14-10-11-19-18(12-14)17-9-5-8-16(13-17)15-6-3-2-4-7-15;2*1-3-7-14(8-4-1)16-11-12-17(18-13-16)15-9-5-2-6-10-15;2*1-4(6)3-5(2)7;;;;/h3-6,8-13H,1-2H3;2-8,10-13H,1H3;2*1-9,11-13H;2*3,6H,1-2H3;;;;/q4*-1;;;;;;. The number of rotatable bonds is 10. The van der Waals surface area contributed by atoms with Crippen molar-refractivity contribution in [3.8, 4) is 89.5 Å². The molecule has 0 fully saturated rings. The van der Waals surface area contributed by atoms with Crippen LogP contribution in [0.15, 0.2) is 297 Å². The summed E-state index contributed by atoms with van der Waals surface area (Å²) in [5, 5.41) is 16.7. The molecule has 0 aliphatic carbocycles. The number of hydrogen-bond donors (Lipinski definition) is 2. The summed E-state index contributed by atoms with van der Waals surface area (Å²) < 4.78 is 0. The number of hydrogen-bond acceptors (Lipinski definition) is 8. The van der Waals surface area contributed by atoms with Crippen LogP contribution >= 0.6 is 0 Å². The molecular formula is C81H70Ir4N4O4-4. The van der Waals surface area contributed by atoms with E-state index < -0.39 is 0 Å². The van der Waals surface area contributed by atoms with Crippen molar-refractivity contribution in [1.29, 1.82) is 0 Å².